The minimum absolute atomic E-state index is 0.0364. The Bertz CT molecular complexity index is 1270. The summed E-state index contributed by atoms with van der Waals surface area (Å²) in [6, 6.07) is 28.5. The van der Waals surface area contributed by atoms with Crippen LogP contribution in [0.4, 0.5) is 9.93 Å². The van der Waals surface area contributed by atoms with E-state index in [4.69, 9.17) is 4.74 Å². The van der Waals surface area contributed by atoms with Crippen molar-refractivity contribution in [2.75, 3.05) is 19.0 Å². The number of nitrogens with zero attached hydrogens (tertiary/aromatic N) is 2. The first-order valence-electron chi connectivity index (χ1n) is 12.7. The van der Waals surface area contributed by atoms with Crippen LogP contribution in [0.3, 0.4) is 0 Å². The number of ether oxygens (including phenoxy) is 1. The number of anilines is 1. The second-order valence-electron chi connectivity index (χ2n) is 9.46. The van der Waals surface area contributed by atoms with Gasteiger partial charge in [0.25, 0.3) is 0 Å². The Morgan fingerprint density at radius 1 is 0.973 bits per heavy atom. The number of hydrogen-bond acceptors (Lipinski definition) is 5. The van der Waals surface area contributed by atoms with Crippen LogP contribution in [0.15, 0.2) is 84.9 Å². The van der Waals surface area contributed by atoms with Crippen LogP contribution in [0, 0.1) is 5.92 Å². The van der Waals surface area contributed by atoms with Crippen molar-refractivity contribution < 1.29 is 14.3 Å². The molecule has 0 spiro atoms. The van der Waals surface area contributed by atoms with Gasteiger partial charge in [-0.3, -0.25) is 10.1 Å². The molecule has 2 atom stereocenters. The van der Waals surface area contributed by atoms with E-state index in [1.165, 1.54) is 29.6 Å². The second kappa shape index (κ2) is 11.6. The van der Waals surface area contributed by atoms with Crippen LogP contribution < -0.4 is 5.32 Å². The summed E-state index contributed by atoms with van der Waals surface area (Å²) in [4.78, 5) is 32.4. The smallest absolute Gasteiger partial charge is 0.323 e. The lowest BCUT2D eigenvalue weighted by Gasteiger charge is -2.31. The number of para-hydroxylation sites is 1. The normalized spacial score (nSPS) is 17.1. The SMILES string of the molecule is COC(=O)[C@H]1CC[C@H](N(CCC(c2ccccc2)c2ccccc2)C(=O)Nc2nc3ccccc3s2)C1. The summed E-state index contributed by atoms with van der Waals surface area (Å²) in [6.07, 6.45) is 2.87. The molecule has 37 heavy (non-hydrogen) atoms. The molecule has 1 saturated carbocycles. The fourth-order valence-electron chi connectivity index (χ4n) is 5.33. The van der Waals surface area contributed by atoms with Gasteiger partial charge in [-0.05, 0) is 48.9 Å². The molecule has 3 aromatic carbocycles. The lowest BCUT2D eigenvalue weighted by atomic mass is 9.88. The van der Waals surface area contributed by atoms with Gasteiger partial charge in [0, 0.05) is 18.5 Å². The third kappa shape index (κ3) is 5.83. The van der Waals surface area contributed by atoms with Gasteiger partial charge in [-0.25, -0.2) is 9.78 Å². The van der Waals surface area contributed by atoms with Crippen molar-refractivity contribution in [1.29, 1.82) is 0 Å². The fraction of sp³-hybridized carbons (Fsp3) is 0.300. The maximum atomic E-state index is 13.7. The molecule has 1 aliphatic rings. The summed E-state index contributed by atoms with van der Waals surface area (Å²) >= 11 is 1.47. The number of carbonyl (C=O) groups is 2. The van der Waals surface area contributed by atoms with Crippen molar-refractivity contribution in [2.45, 2.75) is 37.6 Å². The fourth-order valence-corrected chi connectivity index (χ4v) is 6.18. The molecular weight excluding hydrogens is 482 g/mol. The zero-order valence-electron chi connectivity index (χ0n) is 20.9. The third-order valence-electron chi connectivity index (χ3n) is 7.21. The lowest BCUT2D eigenvalue weighted by Crippen LogP contribution is -2.43. The van der Waals surface area contributed by atoms with Crippen LogP contribution in [0.5, 0.6) is 0 Å². The van der Waals surface area contributed by atoms with Gasteiger partial charge in [0.15, 0.2) is 5.13 Å². The number of nitrogens with one attached hydrogen (secondary N) is 1. The molecule has 190 valence electrons. The van der Waals surface area contributed by atoms with E-state index in [2.05, 4.69) is 58.8 Å². The highest BCUT2D eigenvalue weighted by Crippen LogP contribution is 2.34. The number of rotatable bonds is 8. The Morgan fingerprint density at radius 3 is 2.27 bits per heavy atom. The summed E-state index contributed by atoms with van der Waals surface area (Å²) in [6.45, 7) is 0.559. The topological polar surface area (TPSA) is 71.5 Å². The first-order chi connectivity index (χ1) is 18.1. The van der Waals surface area contributed by atoms with Gasteiger partial charge in [0.05, 0.1) is 23.2 Å². The Morgan fingerprint density at radius 2 is 1.62 bits per heavy atom. The van der Waals surface area contributed by atoms with Crippen molar-refractivity contribution in [3.63, 3.8) is 0 Å². The van der Waals surface area contributed by atoms with Crippen molar-refractivity contribution >= 4 is 38.7 Å². The van der Waals surface area contributed by atoms with E-state index in [-0.39, 0.29) is 29.9 Å². The third-order valence-corrected chi connectivity index (χ3v) is 8.16. The van der Waals surface area contributed by atoms with Crippen molar-refractivity contribution in [3.8, 4) is 0 Å². The number of benzene rings is 3. The van der Waals surface area contributed by atoms with Crippen molar-refractivity contribution in [1.82, 2.24) is 9.88 Å². The highest BCUT2D eigenvalue weighted by Gasteiger charge is 2.36. The summed E-state index contributed by atoms with van der Waals surface area (Å²) in [5, 5.41) is 3.63. The van der Waals surface area contributed by atoms with Crippen LogP contribution >= 0.6 is 11.3 Å². The van der Waals surface area contributed by atoms with Gasteiger partial charge in [0.2, 0.25) is 0 Å². The van der Waals surface area contributed by atoms with Crippen LogP contribution in [-0.4, -0.2) is 41.6 Å². The van der Waals surface area contributed by atoms with E-state index in [0.29, 0.717) is 18.1 Å². The summed E-state index contributed by atoms with van der Waals surface area (Å²) in [7, 11) is 1.43. The molecular formula is C30H31N3O3S. The van der Waals surface area contributed by atoms with Gasteiger partial charge in [-0.15, -0.1) is 0 Å². The van der Waals surface area contributed by atoms with E-state index in [1.54, 1.807) is 0 Å². The minimum atomic E-state index is -0.194. The summed E-state index contributed by atoms with van der Waals surface area (Å²) in [5.74, 6) is -0.217. The van der Waals surface area contributed by atoms with Gasteiger partial charge in [-0.1, -0.05) is 84.1 Å². The number of thiazole rings is 1. The van der Waals surface area contributed by atoms with Crippen LogP contribution in [0.1, 0.15) is 42.7 Å². The Labute approximate surface area is 221 Å². The maximum Gasteiger partial charge on any atom is 0.323 e. The first-order valence-corrected chi connectivity index (χ1v) is 13.5. The number of carbonyl (C=O) groups excluding carboxylic acids is 2. The second-order valence-corrected chi connectivity index (χ2v) is 10.5. The molecule has 0 saturated heterocycles. The van der Waals surface area contributed by atoms with Crippen molar-refractivity contribution in [3.05, 3.63) is 96.1 Å². The summed E-state index contributed by atoms with van der Waals surface area (Å²) < 4.78 is 6.03. The molecule has 1 aliphatic carbocycles. The van der Waals surface area contributed by atoms with E-state index in [9.17, 15) is 9.59 Å². The predicted molar refractivity (Wildman–Crippen MR) is 148 cm³/mol. The minimum Gasteiger partial charge on any atom is -0.469 e. The Balaban J connectivity index is 1.38. The first kappa shape index (κ1) is 25.0. The molecule has 0 unspecified atom stereocenters. The highest BCUT2D eigenvalue weighted by molar-refractivity contribution is 7.22. The molecule has 5 rings (SSSR count). The van der Waals surface area contributed by atoms with Gasteiger partial charge < -0.3 is 9.64 Å². The van der Waals surface area contributed by atoms with E-state index >= 15 is 0 Å². The van der Waals surface area contributed by atoms with Crippen molar-refractivity contribution in [2.24, 2.45) is 5.92 Å². The maximum absolute atomic E-state index is 13.7. The number of hydrogen-bond donors (Lipinski definition) is 1. The summed E-state index contributed by atoms with van der Waals surface area (Å²) in [5.41, 5.74) is 3.31. The van der Waals surface area contributed by atoms with Gasteiger partial charge in [-0.2, -0.15) is 0 Å². The number of methoxy groups -OCH3 is 1. The van der Waals surface area contributed by atoms with Crippen LogP contribution in [-0.2, 0) is 9.53 Å². The molecule has 0 bridgehead atoms. The Kier molecular flexibility index (Phi) is 7.80. The van der Waals surface area contributed by atoms with E-state index in [1.807, 2.05) is 41.3 Å². The van der Waals surface area contributed by atoms with Crippen LogP contribution in [0.2, 0.25) is 0 Å². The predicted octanol–water partition coefficient (Wildman–Crippen LogP) is 6.69. The molecule has 4 aromatic rings. The number of aromatic nitrogens is 1. The monoisotopic (exact) mass is 513 g/mol. The van der Waals surface area contributed by atoms with Gasteiger partial charge in [0.1, 0.15) is 0 Å². The standard InChI is InChI=1S/C30H31N3O3S/c1-36-28(34)23-16-17-24(20-23)33(30(35)32-29-31-26-14-8-9-15-27(26)37-29)19-18-25(21-10-4-2-5-11-21)22-12-6-3-7-13-22/h2-15,23-25H,16-20H2,1H3,(H,31,32,35)/t23-,24-/m0/s1. The average molecular weight is 514 g/mol. The molecule has 1 heterocycles. The molecule has 7 heteroatoms. The molecule has 0 radical (unpaired) electrons. The zero-order valence-corrected chi connectivity index (χ0v) is 21.7. The molecule has 1 N–H and O–H groups in total. The number of urea groups is 1. The molecule has 2 amide bonds. The molecule has 1 aromatic heterocycles. The van der Waals surface area contributed by atoms with E-state index < -0.39 is 0 Å². The largest absolute Gasteiger partial charge is 0.469 e. The Hall–Kier alpha value is -3.71. The van der Waals surface area contributed by atoms with Crippen LogP contribution in [0.25, 0.3) is 10.2 Å². The highest BCUT2D eigenvalue weighted by atomic mass is 32.1. The molecule has 6 nitrogen and oxygen atoms in total. The lowest BCUT2D eigenvalue weighted by molar-refractivity contribution is -0.145. The van der Waals surface area contributed by atoms with Gasteiger partial charge >= 0.3 is 12.0 Å². The molecule has 0 aliphatic heterocycles. The quantitative estimate of drug-likeness (QED) is 0.266. The zero-order chi connectivity index (χ0) is 25.6. The number of esters is 1. The number of amides is 2. The average Bonchev–Trinajstić information content (AvgIpc) is 3.59. The van der Waals surface area contributed by atoms with E-state index in [0.717, 1.165) is 29.5 Å². The number of fused-ring (bicyclic) bond motifs is 1. The molecule has 1 fully saturated rings.